The van der Waals surface area contributed by atoms with E-state index in [0.717, 1.165) is 7.11 Å². The molecule has 0 heterocycles. The summed E-state index contributed by atoms with van der Waals surface area (Å²) in [5, 5.41) is 0. The number of methoxy groups -OCH3 is 1. The molecule has 482 valence electrons. The molecule has 0 aromatic heterocycles. The van der Waals surface area contributed by atoms with Crippen LogP contribution in [0.15, 0.2) is 97.1 Å². The van der Waals surface area contributed by atoms with E-state index in [-0.39, 0.29) is 100 Å². The Labute approximate surface area is 472 Å². The van der Waals surface area contributed by atoms with Gasteiger partial charge in [-0.05, 0) is 96.4 Å². The van der Waals surface area contributed by atoms with E-state index in [1.54, 1.807) is 0 Å². The second kappa shape index (κ2) is 23.5. The van der Waals surface area contributed by atoms with Crippen molar-refractivity contribution in [1.82, 2.24) is 0 Å². The van der Waals surface area contributed by atoms with E-state index < -0.39 is 185 Å². The van der Waals surface area contributed by atoms with E-state index in [0.29, 0.717) is 24.3 Å². The summed E-state index contributed by atoms with van der Waals surface area (Å²) in [6, 6.07) is 1.98. The molecule has 0 saturated carbocycles. The van der Waals surface area contributed by atoms with Crippen molar-refractivity contribution in [1.29, 1.82) is 0 Å². The Kier molecular flexibility index (Phi) is 19.3. The van der Waals surface area contributed by atoms with Crippen LogP contribution in [0.2, 0.25) is 0 Å². The lowest BCUT2D eigenvalue weighted by Gasteiger charge is -2.38. The Morgan fingerprint density at radius 2 is 0.534 bits per heavy atom. The highest BCUT2D eigenvalue weighted by molar-refractivity contribution is 6.13. The molecular formula is C53H30F30O5. The highest BCUT2D eigenvalue weighted by Gasteiger charge is 2.72. The van der Waals surface area contributed by atoms with Gasteiger partial charge in [0.05, 0.1) is 40.5 Å². The Bertz CT molecular complexity index is 3410. The predicted octanol–water partition coefficient (Wildman–Crippen LogP) is 20.9. The van der Waals surface area contributed by atoms with E-state index in [4.69, 9.17) is 4.74 Å². The Morgan fingerprint density at radius 1 is 0.307 bits per heavy atom. The second-order valence-corrected chi connectivity index (χ2v) is 17.6. The van der Waals surface area contributed by atoms with Crippen molar-refractivity contribution < 1.29 is 156 Å². The van der Waals surface area contributed by atoms with Crippen LogP contribution in [-0.2, 0) is 54.8 Å². The molecule has 0 aliphatic heterocycles. The maximum atomic E-state index is 15.0. The third kappa shape index (κ3) is 13.6. The van der Waals surface area contributed by atoms with Crippen LogP contribution in [0.25, 0.3) is 0 Å². The minimum absolute atomic E-state index is 0. The fourth-order valence-electron chi connectivity index (χ4n) is 9.03. The SMILES string of the molecule is C.C.COc1ccc(C(c2ccc(Oc3c(C(F)(F)F)c(C(F)(F)F)c(C(=O)c4ccc(Oc5ccc(C(=O)c6c(C(F)(F)F)c(C(F)(F)F)c(C)c(C(F)(F)F)c6C(F)(F)F)cc5)cc4)c(C(F)(F)F)c3C(F)(F)F)cc2)(C(F)(F)F)C(F)(F)F)cc1. The fourth-order valence-corrected chi connectivity index (χ4v) is 9.03. The Morgan fingerprint density at radius 3 is 0.773 bits per heavy atom. The minimum Gasteiger partial charge on any atom is -0.497 e. The molecule has 0 N–H and O–H groups in total. The molecule has 6 aromatic rings. The number of ketones is 2. The van der Waals surface area contributed by atoms with Gasteiger partial charge < -0.3 is 14.2 Å². The summed E-state index contributed by atoms with van der Waals surface area (Å²) in [6.07, 6.45) is -67.4. The van der Waals surface area contributed by atoms with Crippen molar-refractivity contribution in [2.45, 2.75) is 89.0 Å². The summed E-state index contributed by atoms with van der Waals surface area (Å²) in [4.78, 5) is 27.2. The summed E-state index contributed by atoms with van der Waals surface area (Å²) in [5.74, 6) is -13.2. The summed E-state index contributed by atoms with van der Waals surface area (Å²) in [5.41, 5.74) is -50.6. The molecule has 0 amide bonds. The molecule has 0 saturated heterocycles. The molecule has 0 atom stereocenters. The Hall–Kier alpha value is -8.04. The number of ether oxygens (including phenoxy) is 3. The van der Waals surface area contributed by atoms with Gasteiger partial charge in [-0.25, -0.2) is 0 Å². The number of hydrogen-bond acceptors (Lipinski definition) is 5. The molecule has 0 radical (unpaired) electrons. The smallest absolute Gasteiger partial charge is 0.420 e. The van der Waals surface area contributed by atoms with Gasteiger partial charge in [-0.3, -0.25) is 9.59 Å². The highest BCUT2D eigenvalue weighted by Crippen LogP contribution is 2.60. The van der Waals surface area contributed by atoms with E-state index in [1.165, 1.54) is 0 Å². The van der Waals surface area contributed by atoms with Crippen LogP contribution in [0, 0.1) is 6.92 Å². The van der Waals surface area contributed by atoms with Crippen molar-refractivity contribution in [3.63, 3.8) is 0 Å². The lowest BCUT2D eigenvalue weighted by Crippen LogP contribution is -2.54. The lowest BCUT2D eigenvalue weighted by molar-refractivity contribution is -0.288. The minimum atomic E-state index is -7.03. The van der Waals surface area contributed by atoms with Crippen LogP contribution in [-0.4, -0.2) is 31.0 Å². The van der Waals surface area contributed by atoms with Gasteiger partial charge in [-0.15, -0.1) is 0 Å². The normalized spacial score (nSPS) is 13.4. The molecule has 0 unspecified atom stereocenters. The number of halogens is 30. The molecule has 6 aromatic carbocycles. The maximum absolute atomic E-state index is 15.0. The summed E-state index contributed by atoms with van der Waals surface area (Å²) in [7, 11) is 0.933. The maximum Gasteiger partial charge on any atom is 0.420 e. The summed E-state index contributed by atoms with van der Waals surface area (Å²) >= 11 is 0. The van der Waals surface area contributed by atoms with Crippen LogP contribution in [0.4, 0.5) is 132 Å². The van der Waals surface area contributed by atoms with Crippen molar-refractivity contribution in [3.05, 3.63) is 181 Å². The predicted molar refractivity (Wildman–Crippen MR) is 243 cm³/mol. The zero-order valence-electron chi connectivity index (χ0n) is 41.1. The number of carbonyl (C=O) groups excluding carboxylic acids is 2. The molecular weight excluding hydrogens is 1290 g/mol. The first-order valence-electron chi connectivity index (χ1n) is 22.3. The molecule has 5 nitrogen and oxygen atoms in total. The molecule has 6 rings (SSSR count). The Balaban J connectivity index is 0.00000828. The van der Waals surface area contributed by atoms with Gasteiger partial charge in [0.25, 0.3) is 0 Å². The monoisotopic (exact) mass is 1320 g/mol. The third-order valence-electron chi connectivity index (χ3n) is 12.3. The molecule has 0 aliphatic rings. The first kappa shape index (κ1) is 72.4. The number of benzene rings is 6. The van der Waals surface area contributed by atoms with Crippen molar-refractivity contribution in [2.75, 3.05) is 7.11 Å². The van der Waals surface area contributed by atoms with Gasteiger partial charge in [0.1, 0.15) is 34.1 Å². The van der Waals surface area contributed by atoms with Crippen molar-refractivity contribution in [2.24, 2.45) is 0 Å². The topological polar surface area (TPSA) is 61.8 Å². The van der Waals surface area contributed by atoms with Gasteiger partial charge in [0.2, 0.25) is 5.41 Å². The van der Waals surface area contributed by atoms with Gasteiger partial charge in [0.15, 0.2) is 17.3 Å². The number of carbonyl (C=O) groups is 2. The van der Waals surface area contributed by atoms with E-state index in [2.05, 4.69) is 9.47 Å². The van der Waals surface area contributed by atoms with Crippen LogP contribution in [0.5, 0.6) is 28.7 Å². The van der Waals surface area contributed by atoms with Crippen molar-refractivity contribution in [3.8, 4) is 28.7 Å². The van der Waals surface area contributed by atoms with Crippen LogP contribution in [0.1, 0.15) is 108 Å². The molecule has 0 aliphatic carbocycles. The van der Waals surface area contributed by atoms with Crippen LogP contribution >= 0.6 is 0 Å². The molecule has 88 heavy (non-hydrogen) atoms. The van der Waals surface area contributed by atoms with Gasteiger partial charge >= 0.3 is 61.8 Å². The zero-order chi connectivity index (χ0) is 65.6. The second-order valence-electron chi connectivity index (χ2n) is 17.6. The van der Waals surface area contributed by atoms with Crippen LogP contribution in [0.3, 0.4) is 0 Å². The zero-order valence-corrected chi connectivity index (χ0v) is 41.1. The number of rotatable bonds is 11. The van der Waals surface area contributed by atoms with Crippen molar-refractivity contribution >= 4 is 11.6 Å². The van der Waals surface area contributed by atoms with Gasteiger partial charge in [-0.1, -0.05) is 39.1 Å². The first-order chi connectivity index (χ1) is 38.7. The summed E-state index contributed by atoms with van der Waals surface area (Å²) < 4.78 is 452. The molecule has 0 spiro atoms. The molecule has 35 heteroatoms. The molecule has 0 bridgehead atoms. The van der Waals surface area contributed by atoms with Gasteiger partial charge in [-0.2, -0.15) is 132 Å². The third-order valence-corrected chi connectivity index (χ3v) is 12.3. The van der Waals surface area contributed by atoms with E-state index in [9.17, 15) is 115 Å². The average Bonchev–Trinajstić information content (AvgIpc) is 0.756. The highest BCUT2D eigenvalue weighted by atomic mass is 19.5. The largest absolute Gasteiger partial charge is 0.497 e. The summed E-state index contributed by atoms with van der Waals surface area (Å²) in [6.45, 7) is -0.385. The van der Waals surface area contributed by atoms with Gasteiger partial charge in [0, 0.05) is 22.3 Å². The first-order valence-corrected chi connectivity index (χ1v) is 22.3. The fraction of sp³-hybridized carbons (Fsp3) is 0.283. The van der Waals surface area contributed by atoms with Crippen LogP contribution < -0.4 is 14.2 Å². The van der Waals surface area contributed by atoms with E-state index >= 15 is 26.3 Å². The molecule has 0 fully saturated rings. The average molecular weight is 1320 g/mol. The van der Waals surface area contributed by atoms with E-state index in [1.807, 2.05) is 0 Å². The standard InChI is InChI=1S/C51H22F30O5.2CH4/c1-19-30(42(52,53)54)32(44(58,59)60)28(33(45(61,62)63)31(19)43(55,56)57)38(82)20-3-11-25(12-4-20)85-26-13-5-21(6-14-26)39(83)29-34(46(64,65)66)36(48(70,71)72)40(37(49(73,74)75)35(29)47(67,68)69)86-27-17-9-23(10-18-27)41(50(76,77)78,51(79,80)81)22-7-15-24(84-2)16-8-22;;/h3-18H,1-2H3;2*1H4. The number of hydrogen-bond donors (Lipinski definition) is 0. The number of alkyl halides is 30. The quantitative estimate of drug-likeness (QED) is 0.0955. The lowest BCUT2D eigenvalue weighted by atomic mass is 9.73.